The molecule has 1 heterocycles. The molecule has 0 aromatic heterocycles. The maximum atomic E-state index is 10.1. The third-order valence-electron chi connectivity index (χ3n) is 4.31. The Labute approximate surface area is 146 Å². The summed E-state index contributed by atoms with van der Waals surface area (Å²) in [7, 11) is 0. The summed E-state index contributed by atoms with van der Waals surface area (Å²) in [4.78, 5) is 4.70. The number of nitrogens with zero attached hydrogens (tertiary/aromatic N) is 2. The van der Waals surface area contributed by atoms with Gasteiger partial charge in [0.2, 0.25) is 0 Å². The van der Waals surface area contributed by atoms with Gasteiger partial charge < -0.3 is 19.5 Å². The lowest BCUT2D eigenvalue weighted by Gasteiger charge is -2.36. The maximum absolute atomic E-state index is 10.1. The summed E-state index contributed by atoms with van der Waals surface area (Å²) in [5, 5.41) is 10.1. The summed E-state index contributed by atoms with van der Waals surface area (Å²) in [5.41, 5.74) is 1.24. The molecule has 1 fully saturated rings. The van der Waals surface area contributed by atoms with Crippen molar-refractivity contribution in [3.05, 3.63) is 24.3 Å². The predicted octanol–water partition coefficient (Wildman–Crippen LogP) is 2.38. The lowest BCUT2D eigenvalue weighted by molar-refractivity contribution is 0.0150. The number of piperazine rings is 1. The quantitative estimate of drug-likeness (QED) is 0.665. The molecule has 0 radical (unpaired) electrons. The summed E-state index contributed by atoms with van der Waals surface area (Å²) in [6.45, 7) is 10.6. The zero-order chi connectivity index (χ0) is 17.2. The first-order valence-corrected chi connectivity index (χ1v) is 9.19. The van der Waals surface area contributed by atoms with Gasteiger partial charge in [0.1, 0.15) is 5.75 Å². The summed E-state index contributed by atoms with van der Waals surface area (Å²) in [6, 6.07) is 8.30. The fraction of sp³-hybridized carbons (Fsp3) is 0.684. The normalized spacial score (nSPS) is 17.0. The number of ether oxygens (including phenoxy) is 2. The highest BCUT2D eigenvalue weighted by molar-refractivity contribution is 5.49. The van der Waals surface area contributed by atoms with Gasteiger partial charge in [-0.1, -0.05) is 13.3 Å². The van der Waals surface area contributed by atoms with Crippen LogP contribution in [0, 0.1) is 0 Å². The van der Waals surface area contributed by atoms with Gasteiger partial charge in [0, 0.05) is 45.0 Å². The van der Waals surface area contributed by atoms with Gasteiger partial charge >= 0.3 is 0 Å². The van der Waals surface area contributed by atoms with E-state index < -0.39 is 0 Å². The summed E-state index contributed by atoms with van der Waals surface area (Å²) < 4.78 is 11.0. The van der Waals surface area contributed by atoms with E-state index in [-0.39, 0.29) is 6.10 Å². The van der Waals surface area contributed by atoms with Crippen LogP contribution in [0.15, 0.2) is 24.3 Å². The van der Waals surface area contributed by atoms with Gasteiger partial charge in [-0.2, -0.15) is 0 Å². The molecule has 1 aliphatic rings. The molecule has 24 heavy (non-hydrogen) atoms. The number of anilines is 1. The van der Waals surface area contributed by atoms with Crippen molar-refractivity contribution in [1.29, 1.82) is 0 Å². The van der Waals surface area contributed by atoms with Crippen molar-refractivity contribution in [2.75, 3.05) is 57.4 Å². The molecule has 5 heteroatoms. The minimum absolute atomic E-state index is 0.390. The SMILES string of the molecule is CCCCOCC(O)CN1CCN(c2ccc(OCC)cc2)CC1. The van der Waals surface area contributed by atoms with Crippen molar-refractivity contribution in [2.24, 2.45) is 0 Å². The van der Waals surface area contributed by atoms with E-state index in [1.165, 1.54) is 5.69 Å². The van der Waals surface area contributed by atoms with Gasteiger partial charge in [-0.15, -0.1) is 0 Å². The van der Waals surface area contributed by atoms with E-state index in [0.717, 1.165) is 51.4 Å². The molecule has 2 rings (SSSR count). The lowest BCUT2D eigenvalue weighted by atomic mass is 10.2. The van der Waals surface area contributed by atoms with E-state index in [4.69, 9.17) is 9.47 Å². The minimum atomic E-state index is -0.390. The zero-order valence-electron chi connectivity index (χ0n) is 15.1. The number of rotatable bonds is 10. The van der Waals surface area contributed by atoms with Crippen LogP contribution in [-0.2, 0) is 4.74 Å². The second kappa shape index (κ2) is 10.5. The third-order valence-corrected chi connectivity index (χ3v) is 4.31. The van der Waals surface area contributed by atoms with E-state index in [1.807, 2.05) is 19.1 Å². The molecule has 0 saturated carbocycles. The first kappa shape index (κ1) is 19.0. The van der Waals surface area contributed by atoms with Crippen molar-refractivity contribution in [3.63, 3.8) is 0 Å². The standard InChI is InChI=1S/C19H32N2O3/c1-3-5-14-23-16-18(22)15-20-10-12-21(13-11-20)17-6-8-19(9-7-17)24-4-2/h6-9,18,22H,3-5,10-16H2,1-2H3. The summed E-state index contributed by atoms with van der Waals surface area (Å²) >= 11 is 0. The van der Waals surface area contributed by atoms with Crippen LogP contribution in [0.5, 0.6) is 5.75 Å². The molecule has 1 aromatic rings. The van der Waals surface area contributed by atoms with Gasteiger partial charge in [0.25, 0.3) is 0 Å². The Kier molecular flexibility index (Phi) is 8.36. The first-order chi connectivity index (χ1) is 11.7. The van der Waals surface area contributed by atoms with Crippen LogP contribution in [-0.4, -0.2) is 68.7 Å². The third kappa shape index (κ3) is 6.30. The van der Waals surface area contributed by atoms with E-state index in [2.05, 4.69) is 28.9 Å². The number of β-amino-alcohol motifs (C(OH)–C–C–N with tert-alkyl or cyclic N) is 1. The Balaban J connectivity index is 1.69. The average molecular weight is 336 g/mol. The van der Waals surface area contributed by atoms with Crippen molar-refractivity contribution >= 4 is 5.69 Å². The molecule has 136 valence electrons. The summed E-state index contributed by atoms with van der Waals surface area (Å²) in [5.74, 6) is 0.922. The second-order valence-corrected chi connectivity index (χ2v) is 6.30. The molecule has 1 unspecified atom stereocenters. The largest absolute Gasteiger partial charge is 0.494 e. The van der Waals surface area contributed by atoms with E-state index in [0.29, 0.717) is 19.8 Å². The molecule has 0 spiro atoms. The highest BCUT2D eigenvalue weighted by Crippen LogP contribution is 2.20. The molecule has 1 aliphatic heterocycles. The molecule has 1 saturated heterocycles. The Morgan fingerprint density at radius 3 is 2.42 bits per heavy atom. The van der Waals surface area contributed by atoms with Gasteiger partial charge in [0.05, 0.1) is 19.3 Å². The Hall–Kier alpha value is -1.30. The van der Waals surface area contributed by atoms with E-state index >= 15 is 0 Å². The molecule has 1 N–H and O–H groups in total. The predicted molar refractivity (Wildman–Crippen MR) is 98.0 cm³/mol. The van der Waals surface area contributed by atoms with Crippen LogP contribution >= 0.6 is 0 Å². The highest BCUT2D eigenvalue weighted by atomic mass is 16.5. The van der Waals surface area contributed by atoms with Crippen LogP contribution in [0.2, 0.25) is 0 Å². The van der Waals surface area contributed by atoms with Gasteiger partial charge in [-0.3, -0.25) is 4.90 Å². The average Bonchev–Trinajstić information content (AvgIpc) is 2.60. The smallest absolute Gasteiger partial charge is 0.119 e. The van der Waals surface area contributed by atoms with E-state index in [1.54, 1.807) is 0 Å². The van der Waals surface area contributed by atoms with Gasteiger partial charge in [-0.25, -0.2) is 0 Å². The van der Waals surface area contributed by atoms with Crippen LogP contribution in [0.3, 0.4) is 0 Å². The molecule has 1 aromatic carbocycles. The van der Waals surface area contributed by atoms with Crippen LogP contribution < -0.4 is 9.64 Å². The number of aliphatic hydroxyl groups excluding tert-OH is 1. The summed E-state index contributed by atoms with van der Waals surface area (Å²) in [6.07, 6.45) is 1.80. The van der Waals surface area contributed by atoms with Crippen LogP contribution in [0.4, 0.5) is 5.69 Å². The first-order valence-electron chi connectivity index (χ1n) is 9.19. The van der Waals surface area contributed by atoms with Crippen LogP contribution in [0.25, 0.3) is 0 Å². The topological polar surface area (TPSA) is 45.2 Å². The Morgan fingerprint density at radius 2 is 1.79 bits per heavy atom. The monoisotopic (exact) mass is 336 g/mol. The maximum Gasteiger partial charge on any atom is 0.119 e. The molecular formula is C19H32N2O3. The molecular weight excluding hydrogens is 304 g/mol. The zero-order valence-corrected chi connectivity index (χ0v) is 15.1. The van der Waals surface area contributed by atoms with Crippen molar-refractivity contribution < 1.29 is 14.6 Å². The Morgan fingerprint density at radius 1 is 1.08 bits per heavy atom. The Bertz CT molecular complexity index is 444. The van der Waals surface area contributed by atoms with Gasteiger partial charge in [-0.05, 0) is 37.6 Å². The van der Waals surface area contributed by atoms with Crippen LogP contribution in [0.1, 0.15) is 26.7 Å². The van der Waals surface area contributed by atoms with Crippen molar-refractivity contribution in [2.45, 2.75) is 32.8 Å². The fourth-order valence-electron chi connectivity index (χ4n) is 2.93. The second-order valence-electron chi connectivity index (χ2n) is 6.30. The minimum Gasteiger partial charge on any atom is -0.494 e. The fourth-order valence-corrected chi connectivity index (χ4v) is 2.93. The molecule has 5 nitrogen and oxygen atoms in total. The number of aliphatic hydroxyl groups is 1. The molecule has 0 amide bonds. The van der Waals surface area contributed by atoms with Crippen molar-refractivity contribution in [3.8, 4) is 5.75 Å². The van der Waals surface area contributed by atoms with Crippen molar-refractivity contribution in [1.82, 2.24) is 4.90 Å². The van der Waals surface area contributed by atoms with Gasteiger partial charge in [0.15, 0.2) is 0 Å². The number of hydrogen-bond acceptors (Lipinski definition) is 5. The molecule has 0 aliphatic carbocycles. The number of hydrogen-bond donors (Lipinski definition) is 1. The highest BCUT2D eigenvalue weighted by Gasteiger charge is 2.19. The molecule has 0 bridgehead atoms. The number of benzene rings is 1. The molecule has 1 atom stereocenters. The van der Waals surface area contributed by atoms with E-state index in [9.17, 15) is 5.11 Å². The number of unbranched alkanes of at least 4 members (excludes halogenated alkanes) is 1. The lowest BCUT2D eigenvalue weighted by Crippen LogP contribution is -2.49.